The van der Waals surface area contributed by atoms with Crippen LogP contribution in [-0.2, 0) is 12.8 Å². The number of H-pyrrole nitrogens is 1. The third-order valence-electron chi connectivity index (χ3n) is 4.09. The van der Waals surface area contributed by atoms with Gasteiger partial charge in [0.1, 0.15) is 0 Å². The number of hydrogen-bond acceptors (Lipinski definition) is 3. The van der Waals surface area contributed by atoms with Crippen molar-refractivity contribution in [2.45, 2.75) is 51.5 Å². The van der Waals surface area contributed by atoms with E-state index in [1.54, 1.807) is 17.5 Å². The molecule has 2 N–H and O–H groups in total. The van der Waals surface area contributed by atoms with Crippen LogP contribution in [0.15, 0.2) is 18.5 Å². The maximum atomic E-state index is 12.4. The van der Waals surface area contributed by atoms with Gasteiger partial charge in [-0.15, -0.1) is 11.3 Å². The topological polar surface area (TPSA) is 57.8 Å². The van der Waals surface area contributed by atoms with Crippen LogP contribution in [0.4, 0.5) is 0 Å². The van der Waals surface area contributed by atoms with Crippen LogP contribution >= 0.6 is 11.3 Å². The molecule has 21 heavy (non-hydrogen) atoms. The maximum absolute atomic E-state index is 12.4. The second-order valence-electron chi connectivity index (χ2n) is 5.70. The van der Waals surface area contributed by atoms with Crippen LogP contribution in [0.25, 0.3) is 0 Å². The van der Waals surface area contributed by atoms with E-state index in [1.165, 1.54) is 36.1 Å². The Morgan fingerprint density at radius 2 is 2.14 bits per heavy atom. The van der Waals surface area contributed by atoms with Crippen molar-refractivity contribution in [3.8, 4) is 0 Å². The van der Waals surface area contributed by atoms with E-state index in [-0.39, 0.29) is 11.9 Å². The van der Waals surface area contributed by atoms with Crippen molar-refractivity contribution in [1.29, 1.82) is 0 Å². The van der Waals surface area contributed by atoms with E-state index in [0.29, 0.717) is 0 Å². The van der Waals surface area contributed by atoms with Crippen molar-refractivity contribution in [3.05, 3.63) is 39.3 Å². The van der Waals surface area contributed by atoms with Crippen molar-refractivity contribution < 1.29 is 4.79 Å². The zero-order valence-corrected chi connectivity index (χ0v) is 13.1. The Morgan fingerprint density at radius 1 is 1.33 bits per heavy atom. The molecule has 2 aromatic heterocycles. The molecular weight excluding hydrogens is 282 g/mol. The van der Waals surface area contributed by atoms with Crippen molar-refractivity contribution in [2.75, 3.05) is 0 Å². The van der Waals surface area contributed by atoms with E-state index < -0.39 is 0 Å². The lowest BCUT2D eigenvalue weighted by Crippen LogP contribution is -2.25. The number of hydrogen-bond donors (Lipinski definition) is 2. The molecule has 0 saturated carbocycles. The molecule has 1 amide bonds. The first-order valence-electron chi connectivity index (χ1n) is 7.65. The van der Waals surface area contributed by atoms with Gasteiger partial charge in [-0.1, -0.05) is 12.8 Å². The zero-order valence-electron chi connectivity index (χ0n) is 12.3. The third kappa shape index (κ3) is 3.35. The highest BCUT2D eigenvalue weighted by molar-refractivity contribution is 7.14. The Balaban J connectivity index is 1.71. The number of fused-ring (bicyclic) bond motifs is 1. The summed E-state index contributed by atoms with van der Waals surface area (Å²) in [5.41, 5.74) is 2.39. The summed E-state index contributed by atoms with van der Waals surface area (Å²) >= 11 is 1.67. The summed E-state index contributed by atoms with van der Waals surface area (Å²) < 4.78 is 0. The molecule has 5 heteroatoms. The molecule has 1 unspecified atom stereocenters. The van der Waals surface area contributed by atoms with E-state index in [0.717, 1.165) is 23.3 Å². The highest BCUT2D eigenvalue weighted by atomic mass is 32.1. The van der Waals surface area contributed by atoms with E-state index in [9.17, 15) is 4.79 Å². The summed E-state index contributed by atoms with van der Waals surface area (Å²) in [6.45, 7) is 1.98. The van der Waals surface area contributed by atoms with Crippen LogP contribution in [0.3, 0.4) is 0 Å². The van der Waals surface area contributed by atoms with Crippen molar-refractivity contribution in [2.24, 2.45) is 0 Å². The van der Waals surface area contributed by atoms with Gasteiger partial charge in [0, 0.05) is 16.6 Å². The second kappa shape index (κ2) is 6.43. The molecular formula is C16H21N3OS. The number of carbonyl (C=O) groups is 1. The number of nitrogens with zero attached hydrogens (tertiary/aromatic N) is 1. The lowest BCUT2D eigenvalue weighted by atomic mass is 10.00. The van der Waals surface area contributed by atoms with E-state index >= 15 is 0 Å². The highest BCUT2D eigenvalue weighted by Gasteiger charge is 2.18. The molecule has 0 radical (unpaired) electrons. The van der Waals surface area contributed by atoms with Crippen LogP contribution < -0.4 is 5.32 Å². The average molecular weight is 303 g/mol. The molecule has 0 spiro atoms. The van der Waals surface area contributed by atoms with E-state index in [1.807, 2.05) is 13.1 Å². The first kappa shape index (κ1) is 14.3. The molecule has 0 saturated heterocycles. The summed E-state index contributed by atoms with van der Waals surface area (Å²) in [6, 6.07) is 2.07. The highest BCUT2D eigenvalue weighted by Crippen LogP contribution is 2.28. The first-order valence-corrected chi connectivity index (χ1v) is 8.47. The number of rotatable bonds is 3. The van der Waals surface area contributed by atoms with Gasteiger partial charge in [0.05, 0.1) is 17.1 Å². The Kier molecular flexibility index (Phi) is 4.39. The molecule has 1 atom stereocenters. The number of aromatic amines is 1. The van der Waals surface area contributed by atoms with Gasteiger partial charge in [-0.25, -0.2) is 0 Å². The number of aryl methyl sites for hydroxylation is 2. The number of amides is 1. The Hall–Kier alpha value is -1.62. The average Bonchev–Trinajstić information content (AvgIpc) is 3.08. The molecule has 2 heterocycles. The molecule has 4 nitrogen and oxygen atoms in total. The SMILES string of the molecule is CC(NC(=O)c1cc2c(s1)CCCCCC2)c1cn[nH]c1. The summed E-state index contributed by atoms with van der Waals surface area (Å²) in [6.07, 6.45) is 10.9. The lowest BCUT2D eigenvalue weighted by molar-refractivity contribution is 0.0944. The summed E-state index contributed by atoms with van der Waals surface area (Å²) in [4.78, 5) is 14.7. The van der Waals surface area contributed by atoms with E-state index in [4.69, 9.17) is 0 Å². The van der Waals surface area contributed by atoms with Gasteiger partial charge in [-0.05, 0) is 44.2 Å². The zero-order chi connectivity index (χ0) is 14.7. The quantitative estimate of drug-likeness (QED) is 0.910. The molecule has 2 aromatic rings. The first-order chi connectivity index (χ1) is 10.2. The fourth-order valence-corrected chi connectivity index (χ4v) is 3.96. The van der Waals surface area contributed by atoms with Gasteiger partial charge in [0.2, 0.25) is 0 Å². The summed E-state index contributed by atoms with van der Waals surface area (Å²) in [5, 5.41) is 9.75. The molecule has 112 valence electrons. The van der Waals surface area contributed by atoms with Crippen molar-refractivity contribution >= 4 is 17.2 Å². The lowest BCUT2D eigenvalue weighted by Gasteiger charge is -2.10. The third-order valence-corrected chi connectivity index (χ3v) is 5.32. The van der Waals surface area contributed by atoms with Crippen LogP contribution in [0.1, 0.15) is 64.3 Å². The van der Waals surface area contributed by atoms with Gasteiger partial charge in [0.25, 0.3) is 5.91 Å². The molecule has 3 rings (SSSR count). The van der Waals surface area contributed by atoms with Crippen LogP contribution in [-0.4, -0.2) is 16.1 Å². The normalized spacial score (nSPS) is 16.6. The minimum atomic E-state index is -0.0269. The van der Waals surface area contributed by atoms with Crippen molar-refractivity contribution in [1.82, 2.24) is 15.5 Å². The number of thiophene rings is 1. The van der Waals surface area contributed by atoms with Crippen LogP contribution in [0, 0.1) is 0 Å². The minimum absolute atomic E-state index is 0.0269. The summed E-state index contributed by atoms with van der Waals surface area (Å²) in [7, 11) is 0. The fourth-order valence-electron chi connectivity index (χ4n) is 2.80. The predicted octanol–water partition coefficient (Wildman–Crippen LogP) is 3.62. The number of nitrogens with one attached hydrogen (secondary N) is 2. The Morgan fingerprint density at radius 3 is 2.90 bits per heavy atom. The molecule has 0 aromatic carbocycles. The van der Waals surface area contributed by atoms with Crippen LogP contribution in [0.2, 0.25) is 0 Å². The maximum Gasteiger partial charge on any atom is 0.261 e. The van der Waals surface area contributed by atoms with E-state index in [2.05, 4.69) is 21.6 Å². The van der Waals surface area contributed by atoms with Gasteiger partial charge < -0.3 is 5.32 Å². The molecule has 0 bridgehead atoms. The predicted molar refractivity (Wildman–Crippen MR) is 84.7 cm³/mol. The molecule has 0 aliphatic heterocycles. The smallest absolute Gasteiger partial charge is 0.261 e. The Bertz CT molecular complexity index is 578. The largest absolute Gasteiger partial charge is 0.345 e. The second-order valence-corrected chi connectivity index (χ2v) is 6.84. The van der Waals surface area contributed by atoms with Gasteiger partial charge in [-0.3, -0.25) is 9.89 Å². The standard InChI is InChI=1S/C16H21N3OS/c1-11(13-9-17-18-10-13)19-16(20)15-8-12-6-4-2-3-5-7-14(12)21-15/h8-11H,2-7H2,1H3,(H,17,18)(H,19,20). The fraction of sp³-hybridized carbons (Fsp3) is 0.500. The minimum Gasteiger partial charge on any atom is -0.345 e. The number of carbonyl (C=O) groups excluding carboxylic acids is 1. The Labute approximate surface area is 129 Å². The molecule has 0 fully saturated rings. The van der Waals surface area contributed by atoms with Gasteiger partial charge in [0.15, 0.2) is 0 Å². The van der Waals surface area contributed by atoms with Gasteiger partial charge in [-0.2, -0.15) is 5.10 Å². The van der Waals surface area contributed by atoms with Crippen molar-refractivity contribution in [3.63, 3.8) is 0 Å². The van der Waals surface area contributed by atoms with Crippen LogP contribution in [0.5, 0.6) is 0 Å². The molecule has 1 aliphatic carbocycles. The molecule has 1 aliphatic rings. The van der Waals surface area contributed by atoms with Gasteiger partial charge >= 0.3 is 0 Å². The summed E-state index contributed by atoms with van der Waals surface area (Å²) in [5.74, 6) is 0.0282. The number of aromatic nitrogens is 2. The monoisotopic (exact) mass is 303 g/mol.